The predicted octanol–water partition coefficient (Wildman–Crippen LogP) is 3.99. The summed E-state index contributed by atoms with van der Waals surface area (Å²) in [6.45, 7) is 4.27. The zero-order valence-electron chi connectivity index (χ0n) is 10.6. The van der Waals surface area contributed by atoms with Gasteiger partial charge in [0.15, 0.2) is 0 Å². The van der Waals surface area contributed by atoms with Crippen LogP contribution < -0.4 is 0 Å². The van der Waals surface area contributed by atoms with E-state index in [0.717, 1.165) is 27.5 Å². The Balaban J connectivity index is 2.30. The summed E-state index contributed by atoms with van der Waals surface area (Å²) >= 11 is 0. The van der Waals surface area contributed by atoms with Crippen LogP contribution >= 0.6 is 0 Å². The molecule has 0 saturated heterocycles. The molecule has 1 atom stereocenters. The van der Waals surface area contributed by atoms with Crippen molar-refractivity contribution in [2.75, 3.05) is 6.61 Å². The maximum absolute atomic E-state index is 9.24. The summed E-state index contributed by atoms with van der Waals surface area (Å²) in [6.07, 6.45) is 0. The van der Waals surface area contributed by atoms with Crippen molar-refractivity contribution in [2.24, 2.45) is 0 Å². The topological polar surface area (TPSA) is 33.4 Å². The first kappa shape index (κ1) is 11.3. The molecule has 1 aromatic heterocycles. The third kappa shape index (κ3) is 1.70. The fraction of sp³-hybridized carbons (Fsp3) is 0.250. The van der Waals surface area contributed by atoms with Crippen LogP contribution in [0.1, 0.15) is 24.0 Å². The molecule has 0 amide bonds. The normalized spacial score (nSPS) is 13.3. The zero-order valence-corrected chi connectivity index (χ0v) is 10.6. The maximum atomic E-state index is 9.24. The molecule has 0 aliphatic carbocycles. The second-order valence-corrected chi connectivity index (χ2v) is 4.94. The van der Waals surface area contributed by atoms with Gasteiger partial charge < -0.3 is 9.52 Å². The highest BCUT2D eigenvalue weighted by Crippen LogP contribution is 2.31. The summed E-state index contributed by atoms with van der Waals surface area (Å²) in [7, 11) is 0. The van der Waals surface area contributed by atoms with Crippen molar-refractivity contribution in [3.05, 3.63) is 47.5 Å². The van der Waals surface area contributed by atoms with E-state index in [4.69, 9.17) is 4.42 Å². The minimum atomic E-state index is 0.157. The molecule has 1 unspecified atom stereocenters. The number of aliphatic hydroxyl groups excluding tert-OH is 1. The lowest BCUT2D eigenvalue weighted by Crippen LogP contribution is -1.97. The standard InChI is InChI=1S/C16H16O2/c1-10-3-5-15-13(7-10)14-8-12(11(2)9-17)4-6-16(14)18-15/h3-8,11,17H,9H2,1-2H3. The highest BCUT2D eigenvalue weighted by atomic mass is 16.3. The Kier molecular flexibility index (Phi) is 2.60. The van der Waals surface area contributed by atoms with E-state index in [1.54, 1.807) is 0 Å². The van der Waals surface area contributed by atoms with Gasteiger partial charge >= 0.3 is 0 Å². The number of hydrogen-bond acceptors (Lipinski definition) is 2. The van der Waals surface area contributed by atoms with Crippen LogP contribution in [0.15, 0.2) is 40.8 Å². The SMILES string of the molecule is Cc1ccc2oc3ccc(C(C)CO)cc3c2c1. The minimum absolute atomic E-state index is 0.157. The van der Waals surface area contributed by atoms with Crippen LogP contribution in [-0.4, -0.2) is 11.7 Å². The van der Waals surface area contributed by atoms with E-state index in [1.165, 1.54) is 5.56 Å². The van der Waals surface area contributed by atoms with Gasteiger partial charge in [-0.05, 0) is 36.8 Å². The van der Waals surface area contributed by atoms with Crippen molar-refractivity contribution < 1.29 is 9.52 Å². The third-order valence-electron chi connectivity index (χ3n) is 3.49. The molecule has 2 heteroatoms. The Morgan fingerprint density at radius 3 is 2.44 bits per heavy atom. The zero-order chi connectivity index (χ0) is 12.7. The lowest BCUT2D eigenvalue weighted by atomic mass is 9.99. The molecule has 0 fully saturated rings. The number of furan rings is 1. The lowest BCUT2D eigenvalue weighted by Gasteiger charge is -2.07. The Labute approximate surface area is 106 Å². The molecule has 2 aromatic carbocycles. The van der Waals surface area contributed by atoms with Gasteiger partial charge in [-0.1, -0.05) is 24.6 Å². The molecular weight excluding hydrogens is 224 g/mol. The van der Waals surface area contributed by atoms with Crippen LogP contribution in [0.3, 0.4) is 0 Å². The average molecular weight is 240 g/mol. The van der Waals surface area contributed by atoms with Crippen LogP contribution in [0.4, 0.5) is 0 Å². The number of rotatable bonds is 2. The number of benzene rings is 2. The fourth-order valence-electron chi connectivity index (χ4n) is 2.32. The summed E-state index contributed by atoms with van der Waals surface area (Å²) in [6, 6.07) is 12.4. The van der Waals surface area contributed by atoms with Crippen LogP contribution in [0.2, 0.25) is 0 Å². The number of fused-ring (bicyclic) bond motifs is 3. The Hall–Kier alpha value is -1.80. The first-order chi connectivity index (χ1) is 8.69. The summed E-state index contributed by atoms with van der Waals surface area (Å²) < 4.78 is 5.81. The second kappa shape index (κ2) is 4.14. The van der Waals surface area contributed by atoms with Crippen LogP contribution in [0.5, 0.6) is 0 Å². The molecule has 0 aliphatic rings. The minimum Gasteiger partial charge on any atom is -0.456 e. The highest BCUT2D eigenvalue weighted by molar-refractivity contribution is 6.05. The smallest absolute Gasteiger partial charge is 0.135 e. The molecule has 1 heterocycles. The molecule has 0 aliphatic heterocycles. The van der Waals surface area contributed by atoms with E-state index < -0.39 is 0 Å². The van der Waals surface area contributed by atoms with Gasteiger partial charge in [-0.2, -0.15) is 0 Å². The van der Waals surface area contributed by atoms with Crippen molar-refractivity contribution in [1.82, 2.24) is 0 Å². The molecule has 18 heavy (non-hydrogen) atoms. The van der Waals surface area contributed by atoms with E-state index in [9.17, 15) is 5.11 Å². The Morgan fingerprint density at radius 2 is 1.72 bits per heavy atom. The van der Waals surface area contributed by atoms with E-state index in [0.29, 0.717) is 0 Å². The van der Waals surface area contributed by atoms with Gasteiger partial charge in [-0.25, -0.2) is 0 Å². The first-order valence-electron chi connectivity index (χ1n) is 6.22. The Morgan fingerprint density at radius 1 is 1.06 bits per heavy atom. The van der Waals surface area contributed by atoms with Gasteiger partial charge in [0.05, 0.1) is 0 Å². The molecule has 0 bridgehead atoms. The van der Waals surface area contributed by atoms with E-state index in [-0.39, 0.29) is 12.5 Å². The van der Waals surface area contributed by atoms with Gasteiger partial charge in [0.25, 0.3) is 0 Å². The number of aliphatic hydroxyl groups is 1. The lowest BCUT2D eigenvalue weighted by molar-refractivity contribution is 0.273. The van der Waals surface area contributed by atoms with E-state index in [1.807, 2.05) is 25.1 Å². The van der Waals surface area contributed by atoms with Crippen molar-refractivity contribution in [3.8, 4) is 0 Å². The molecule has 3 aromatic rings. The third-order valence-corrected chi connectivity index (χ3v) is 3.49. The van der Waals surface area contributed by atoms with Gasteiger partial charge in [-0.15, -0.1) is 0 Å². The monoisotopic (exact) mass is 240 g/mol. The molecule has 0 saturated carbocycles. The summed E-state index contributed by atoms with van der Waals surface area (Å²) in [4.78, 5) is 0. The second-order valence-electron chi connectivity index (χ2n) is 4.94. The van der Waals surface area contributed by atoms with Crippen molar-refractivity contribution in [2.45, 2.75) is 19.8 Å². The molecule has 1 N–H and O–H groups in total. The molecule has 0 spiro atoms. The largest absolute Gasteiger partial charge is 0.456 e. The van der Waals surface area contributed by atoms with Gasteiger partial charge in [-0.3, -0.25) is 0 Å². The summed E-state index contributed by atoms with van der Waals surface area (Å²) in [5, 5.41) is 11.5. The van der Waals surface area contributed by atoms with Crippen LogP contribution in [0.25, 0.3) is 21.9 Å². The first-order valence-corrected chi connectivity index (χ1v) is 6.22. The predicted molar refractivity (Wildman–Crippen MR) is 74.0 cm³/mol. The number of hydrogen-bond donors (Lipinski definition) is 1. The van der Waals surface area contributed by atoms with Gasteiger partial charge in [0, 0.05) is 23.3 Å². The van der Waals surface area contributed by atoms with Crippen LogP contribution in [-0.2, 0) is 0 Å². The van der Waals surface area contributed by atoms with Gasteiger partial charge in [0.1, 0.15) is 11.2 Å². The highest BCUT2D eigenvalue weighted by Gasteiger charge is 2.10. The van der Waals surface area contributed by atoms with E-state index >= 15 is 0 Å². The summed E-state index contributed by atoms with van der Waals surface area (Å²) in [5.74, 6) is 0.157. The maximum Gasteiger partial charge on any atom is 0.135 e. The van der Waals surface area contributed by atoms with E-state index in [2.05, 4.69) is 25.1 Å². The molecule has 3 rings (SSSR count). The molecular formula is C16H16O2. The van der Waals surface area contributed by atoms with Crippen molar-refractivity contribution in [3.63, 3.8) is 0 Å². The summed E-state index contributed by atoms with van der Waals surface area (Å²) in [5.41, 5.74) is 4.20. The average Bonchev–Trinajstić information content (AvgIpc) is 2.75. The fourth-order valence-corrected chi connectivity index (χ4v) is 2.32. The molecule has 0 radical (unpaired) electrons. The van der Waals surface area contributed by atoms with Gasteiger partial charge in [0.2, 0.25) is 0 Å². The molecule has 2 nitrogen and oxygen atoms in total. The van der Waals surface area contributed by atoms with Crippen molar-refractivity contribution >= 4 is 21.9 Å². The molecule has 92 valence electrons. The van der Waals surface area contributed by atoms with Crippen molar-refractivity contribution in [1.29, 1.82) is 0 Å². The van der Waals surface area contributed by atoms with Crippen LogP contribution in [0, 0.1) is 6.92 Å². The quantitative estimate of drug-likeness (QED) is 0.734. The number of aryl methyl sites for hydroxylation is 1. The Bertz CT molecular complexity index is 710.